The maximum Gasteiger partial charge on any atom is 0.410 e. The molecule has 9 heteroatoms. The number of nitrogens with zero attached hydrogens (tertiary/aromatic N) is 6. The lowest BCUT2D eigenvalue weighted by Crippen LogP contribution is -2.43. The van der Waals surface area contributed by atoms with Gasteiger partial charge in [0, 0.05) is 41.1 Å². The van der Waals surface area contributed by atoms with Gasteiger partial charge in [-0.2, -0.15) is 15.5 Å². The van der Waals surface area contributed by atoms with Crippen LogP contribution in [0.15, 0.2) is 35.3 Å². The molecule has 1 unspecified atom stereocenters. The van der Waals surface area contributed by atoms with Crippen LogP contribution >= 0.6 is 15.9 Å². The third kappa shape index (κ3) is 4.05. The lowest BCUT2D eigenvalue weighted by Gasteiger charge is -2.34. The molecule has 0 aromatic carbocycles. The first-order valence-corrected chi connectivity index (χ1v) is 10.6. The van der Waals surface area contributed by atoms with E-state index in [1.54, 1.807) is 15.6 Å². The van der Waals surface area contributed by atoms with E-state index in [2.05, 4.69) is 32.2 Å². The molecule has 1 amide bonds. The van der Waals surface area contributed by atoms with Crippen LogP contribution in [0.4, 0.5) is 4.79 Å². The zero-order valence-corrected chi connectivity index (χ0v) is 18.8. The molecular weight excluding hydrogens is 448 g/mol. The van der Waals surface area contributed by atoms with Gasteiger partial charge in [-0.25, -0.2) is 9.31 Å². The SMILES string of the molecule is CC(C)(C)OC(=O)N1CCCC(n2cc(-c3cc(Br)c4c(C#N)cnn4c3)cn2)C1. The van der Waals surface area contributed by atoms with Crippen LogP contribution in [0, 0.1) is 11.3 Å². The van der Waals surface area contributed by atoms with Crippen LogP contribution < -0.4 is 0 Å². The molecule has 3 aromatic heterocycles. The quantitative estimate of drug-likeness (QED) is 0.553. The molecule has 1 saturated heterocycles. The van der Waals surface area contributed by atoms with E-state index in [1.807, 2.05) is 50.1 Å². The first kappa shape index (κ1) is 20.4. The lowest BCUT2D eigenvalue weighted by molar-refractivity contribution is 0.0167. The molecule has 1 atom stereocenters. The summed E-state index contributed by atoms with van der Waals surface area (Å²) in [4.78, 5) is 14.2. The molecule has 8 nitrogen and oxygen atoms in total. The molecule has 4 rings (SSSR count). The molecule has 0 radical (unpaired) electrons. The fourth-order valence-corrected chi connectivity index (χ4v) is 4.30. The van der Waals surface area contributed by atoms with Gasteiger partial charge in [0.1, 0.15) is 11.7 Å². The molecule has 3 aromatic rings. The van der Waals surface area contributed by atoms with Crippen molar-refractivity contribution < 1.29 is 9.53 Å². The molecule has 30 heavy (non-hydrogen) atoms. The second-order valence-corrected chi connectivity index (χ2v) is 9.33. The maximum absolute atomic E-state index is 12.4. The summed E-state index contributed by atoms with van der Waals surface area (Å²) in [7, 11) is 0. The molecule has 1 aliphatic heterocycles. The van der Waals surface area contributed by atoms with E-state index < -0.39 is 5.60 Å². The van der Waals surface area contributed by atoms with Gasteiger partial charge < -0.3 is 9.64 Å². The highest BCUT2D eigenvalue weighted by molar-refractivity contribution is 9.10. The van der Waals surface area contributed by atoms with E-state index in [0.29, 0.717) is 18.7 Å². The minimum absolute atomic E-state index is 0.0992. The first-order valence-electron chi connectivity index (χ1n) is 9.84. The number of aromatic nitrogens is 4. The smallest absolute Gasteiger partial charge is 0.410 e. The number of rotatable bonds is 2. The fraction of sp³-hybridized carbons (Fsp3) is 0.429. The van der Waals surface area contributed by atoms with Gasteiger partial charge in [0.25, 0.3) is 0 Å². The number of halogens is 1. The van der Waals surface area contributed by atoms with Crippen LogP contribution in [-0.4, -0.2) is 49.1 Å². The highest BCUT2D eigenvalue weighted by atomic mass is 79.9. The largest absolute Gasteiger partial charge is 0.444 e. The Bertz CT molecular complexity index is 1140. The van der Waals surface area contributed by atoms with Crippen LogP contribution in [-0.2, 0) is 4.74 Å². The summed E-state index contributed by atoms with van der Waals surface area (Å²) < 4.78 is 9.94. The predicted octanol–water partition coefficient (Wildman–Crippen LogP) is 4.40. The van der Waals surface area contributed by atoms with E-state index >= 15 is 0 Å². The number of piperidine rings is 1. The van der Waals surface area contributed by atoms with Gasteiger partial charge in [-0.3, -0.25) is 4.68 Å². The number of pyridine rings is 1. The summed E-state index contributed by atoms with van der Waals surface area (Å²) in [6.07, 6.45) is 8.83. The molecule has 156 valence electrons. The molecule has 0 spiro atoms. The summed E-state index contributed by atoms with van der Waals surface area (Å²) in [6, 6.07) is 4.22. The van der Waals surface area contributed by atoms with Crippen molar-refractivity contribution in [2.24, 2.45) is 0 Å². The van der Waals surface area contributed by atoms with Crippen molar-refractivity contribution in [3.05, 3.63) is 40.9 Å². The van der Waals surface area contributed by atoms with E-state index in [-0.39, 0.29) is 12.1 Å². The van der Waals surface area contributed by atoms with Crippen molar-refractivity contribution in [1.82, 2.24) is 24.3 Å². The molecule has 1 fully saturated rings. The summed E-state index contributed by atoms with van der Waals surface area (Å²) >= 11 is 3.55. The van der Waals surface area contributed by atoms with Crippen LogP contribution in [0.5, 0.6) is 0 Å². The zero-order valence-electron chi connectivity index (χ0n) is 17.2. The summed E-state index contributed by atoms with van der Waals surface area (Å²) in [6.45, 7) is 6.90. The Morgan fingerprint density at radius 2 is 2.07 bits per heavy atom. The number of hydrogen-bond acceptors (Lipinski definition) is 5. The normalized spacial score (nSPS) is 17.2. The molecule has 0 saturated carbocycles. The minimum Gasteiger partial charge on any atom is -0.444 e. The third-order valence-corrected chi connectivity index (χ3v) is 5.65. The molecular formula is C21H23BrN6O2. The molecule has 0 bridgehead atoms. The number of carbonyl (C=O) groups is 1. The second kappa shape index (κ2) is 7.76. The average Bonchev–Trinajstić information content (AvgIpc) is 3.34. The van der Waals surface area contributed by atoms with Gasteiger partial charge in [0.2, 0.25) is 0 Å². The Morgan fingerprint density at radius 1 is 1.27 bits per heavy atom. The van der Waals surface area contributed by atoms with E-state index in [4.69, 9.17) is 4.74 Å². The van der Waals surface area contributed by atoms with Crippen molar-refractivity contribution in [1.29, 1.82) is 5.26 Å². The summed E-state index contributed by atoms with van der Waals surface area (Å²) in [5, 5.41) is 18.1. The molecule has 0 aliphatic carbocycles. The summed E-state index contributed by atoms with van der Waals surface area (Å²) in [5.74, 6) is 0. The average molecular weight is 471 g/mol. The number of amides is 1. The third-order valence-electron chi connectivity index (χ3n) is 5.04. The van der Waals surface area contributed by atoms with Crippen LogP contribution in [0.3, 0.4) is 0 Å². The topological polar surface area (TPSA) is 88.5 Å². The van der Waals surface area contributed by atoms with Gasteiger partial charge in [-0.05, 0) is 55.6 Å². The van der Waals surface area contributed by atoms with Crippen molar-refractivity contribution in [3.63, 3.8) is 0 Å². The van der Waals surface area contributed by atoms with Crippen molar-refractivity contribution >= 4 is 27.5 Å². The van der Waals surface area contributed by atoms with Gasteiger partial charge in [-0.1, -0.05) is 0 Å². The molecule has 4 heterocycles. The Hall–Kier alpha value is -2.86. The minimum atomic E-state index is -0.507. The lowest BCUT2D eigenvalue weighted by atomic mass is 10.1. The number of carbonyl (C=O) groups excluding carboxylic acids is 1. The Kier molecular flexibility index (Phi) is 5.28. The number of fused-ring (bicyclic) bond motifs is 1. The summed E-state index contributed by atoms with van der Waals surface area (Å²) in [5.41, 5.74) is 2.64. The van der Waals surface area contributed by atoms with Gasteiger partial charge >= 0.3 is 6.09 Å². The standard InChI is InChI=1S/C21H23BrN6O2/c1-21(2,3)30-20(29)26-6-4-5-17(13-26)27-12-16(10-24-27)14-7-18(22)19-15(8-23)9-25-28(19)11-14/h7,9-12,17H,4-6,13H2,1-3H3. The van der Waals surface area contributed by atoms with Crippen LogP contribution in [0.2, 0.25) is 0 Å². The molecule has 1 aliphatic rings. The second-order valence-electron chi connectivity index (χ2n) is 8.47. The highest BCUT2D eigenvalue weighted by Gasteiger charge is 2.29. The van der Waals surface area contributed by atoms with E-state index in [9.17, 15) is 10.1 Å². The van der Waals surface area contributed by atoms with Gasteiger partial charge in [0.15, 0.2) is 0 Å². The van der Waals surface area contributed by atoms with Crippen molar-refractivity contribution in [2.75, 3.05) is 13.1 Å². The van der Waals surface area contributed by atoms with Crippen molar-refractivity contribution in [3.8, 4) is 17.2 Å². The van der Waals surface area contributed by atoms with E-state index in [1.165, 1.54) is 0 Å². The van der Waals surface area contributed by atoms with Crippen LogP contribution in [0.25, 0.3) is 16.6 Å². The Morgan fingerprint density at radius 3 is 2.80 bits per heavy atom. The highest BCUT2D eigenvalue weighted by Crippen LogP contribution is 2.30. The molecule has 0 N–H and O–H groups in total. The van der Waals surface area contributed by atoms with Gasteiger partial charge in [-0.15, -0.1) is 0 Å². The van der Waals surface area contributed by atoms with E-state index in [0.717, 1.165) is 34.0 Å². The maximum atomic E-state index is 12.4. The number of ether oxygens (including phenoxy) is 1. The number of likely N-dealkylation sites (tertiary alicyclic amines) is 1. The van der Waals surface area contributed by atoms with Crippen LogP contribution in [0.1, 0.15) is 45.2 Å². The Labute approximate surface area is 183 Å². The number of hydrogen-bond donors (Lipinski definition) is 0. The Balaban J connectivity index is 1.55. The number of nitriles is 1. The monoisotopic (exact) mass is 470 g/mol. The first-order chi connectivity index (χ1) is 14.2. The van der Waals surface area contributed by atoms with Gasteiger partial charge in [0.05, 0.1) is 29.5 Å². The predicted molar refractivity (Wildman–Crippen MR) is 115 cm³/mol. The zero-order chi connectivity index (χ0) is 21.5. The fourth-order valence-electron chi connectivity index (χ4n) is 3.66. The van der Waals surface area contributed by atoms with Crippen molar-refractivity contribution in [2.45, 2.75) is 45.3 Å².